The van der Waals surface area contributed by atoms with Gasteiger partial charge in [0.15, 0.2) is 0 Å². The number of carboxylic acid groups (broad SMARTS) is 1. The van der Waals surface area contributed by atoms with Crippen molar-refractivity contribution in [2.24, 2.45) is 0 Å². The molecule has 0 aliphatic heterocycles. The van der Waals surface area contributed by atoms with Crippen molar-refractivity contribution in [1.29, 1.82) is 0 Å². The maximum Gasteiger partial charge on any atom is 0.337 e. The Morgan fingerprint density at radius 1 is 0.929 bits per heavy atom. The molecule has 142 valence electrons. The second-order valence-corrected chi connectivity index (χ2v) is 6.70. The number of halogens is 2. The van der Waals surface area contributed by atoms with Crippen molar-refractivity contribution in [3.63, 3.8) is 0 Å². The van der Waals surface area contributed by atoms with Gasteiger partial charge in [-0.05, 0) is 35.4 Å². The molecule has 1 amide bonds. The van der Waals surface area contributed by atoms with E-state index >= 15 is 0 Å². The lowest BCUT2D eigenvalue weighted by Crippen LogP contribution is -2.16. The largest absolute Gasteiger partial charge is 0.494 e. The normalized spacial score (nSPS) is 10.4. The van der Waals surface area contributed by atoms with Crippen molar-refractivity contribution in [2.75, 3.05) is 12.4 Å². The van der Waals surface area contributed by atoms with Crippen LogP contribution in [0.5, 0.6) is 5.75 Å². The number of anilines is 1. The summed E-state index contributed by atoms with van der Waals surface area (Å²) in [7, 11) is 1.38. The molecule has 0 aliphatic carbocycles. The standard InChI is InChI=1S/C21H15Cl2NO4/c1-28-19-16(10-14(22)11-17(19)23)20(25)24-18-9-13(7-8-15(18)21(26)27)12-5-3-2-4-6-12/h2-11H,1H3,(H,24,25)(H,26,27). The predicted molar refractivity (Wildman–Crippen MR) is 110 cm³/mol. The first-order valence-electron chi connectivity index (χ1n) is 8.18. The van der Waals surface area contributed by atoms with E-state index in [9.17, 15) is 14.7 Å². The highest BCUT2D eigenvalue weighted by molar-refractivity contribution is 6.36. The van der Waals surface area contributed by atoms with Crippen molar-refractivity contribution in [3.8, 4) is 16.9 Å². The van der Waals surface area contributed by atoms with E-state index in [1.807, 2.05) is 30.3 Å². The van der Waals surface area contributed by atoms with E-state index < -0.39 is 11.9 Å². The molecule has 0 spiro atoms. The molecule has 0 radical (unpaired) electrons. The zero-order valence-electron chi connectivity index (χ0n) is 14.7. The van der Waals surface area contributed by atoms with Crippen LogP contribution >= 0.6 is 23.2 Å². The number of methoxy groups -OCH3 is 1. The lowest BCUT2D eigenvalue weighted by Gasteiger charge is -2.14. The fourth-order valence-corrected chi connectivity index (χ4v) is 3.34. The molecule has 3 rings (SSSR count). The third-order valence-electron chi connectivity index (χ3n) is 4.06. The van der Waals surface area contributed by atoms with Gasteiger partial charge in [0, 0.05) is 5.02 Å². The van der Waals surface area contributed by atoms with Crippen LogP contribution in [0, 0.1) is 0 Å². The molecule has 7 heteroatoms. The van der Waals surface area contributed by atoms with Gasteiger partial charge in [0.05, 0.1) is 28.9 Å². The van der Waals surface area contributed by atoms with E-state index in [0.29, 0.717) is 0 Å². The number of hydrogen-bond acceptors (Lipinski definition) is 3. The van der Waals surface area contributed by atoms with E-state index in [-0.39, 0.29) is 32.6 Å². The Morgan fingerprint density at radius 3 is 2.29 bits per heavy atom. The van der Waals surface area contributed by atoms with Gasteiger partial charge in [-0.25, -0.2) is 4.79 Å². The first-order valence-corrected chi connectivity index (χ1v) is 8.93. The van der Waals surface area contributed by atoms with Crippen LogP contribution < -0.4 is 10.1 Å². The maximum absolute atomic E-state index is 12.8. The number of amides is 1. The van der Waals surface area contributed by atoms with Gasteiger partial charge in [-0.15, -0.1) is 0 Å². The molecule has 0 unspecified atom stereocenters. The van der Waals surface area contributed by atoms with Crippen LogP contribution in [0.25, 0.3) is 11.1 Å². The van der Waals surface area contributed by atoms with Crippen molar-refractivity contribution < 1.29 is 19.4 Å². The topological polar surface area (TPSA) is 75.6 Å². The molecule has 3 aromatic carbocycles. The van der Waals surface area contributed by atoms with Crippen LogP contribution in [0.15, 0.2) is 60.7 Å². The summed E-state index contributed by atoms with van der Waals surface area (Å²) in [5, 5.41) is 12.5. The maximum atomic E-state index is 12.8. The average molecular weight is 416 g/mol. The summed E-state index contributed by atoms with van der Waals surface area (Å²) in [4.78, 5) is 24.4. The first-order chi connectivity index (χ1) is 13.4. The molecule has 0 bridgehead atoms. The molecule has 5 nitrogen and oxygen atoms in total. The molecule has 0 fully saturated rings. The summed E-state index contributed by atoms with van der Waals surface area (Å²) in [5.74, 6) is -1.60. The van der Waals surface area contributed by atoms with Gasteiger partial charge in [0.1, 0.15) is 5.75 Å². The zero-order chi connectivity index (χ0) is 20.3. The van der Waals surface area contributed by atoms with Gasteiger partial charge in [0.25, 0.3) is 5.91 Å². The highest BCUT2D eigenvalue weighted by Crippen LogP contribution is 2.33. The molecular formula is C21H15Cl2NO4. The Hall–Kier alpha value is -3.02. The van der Waals surface area contributed by atoms with Gasteiger partial charge in [0.2, 0.25) is 0 Å². The number of carboxylic acids is 1. The van der Waals surface area contributed by atoms with Gasteiger partial charge in [-0.3, -0.25) is 4.79 Å². The first kappa shape index (κ1) is 19.7. The molecule has 0 aliphatic rings. The third-order valence-corrected chi connectivity index (χ3v) is 4.56. The van der Waals surface area contributed by atoms with Crippen molar-refractivity contribution in [1.82, 2.24) is 0 Å². The molecule has 0 aromatic heterocycles. The molecule has 0 saturated heterocycles. The smallest absolute Gasteiger partial charge is 0.337 e. The minimum Gasteiger partial charge on any atom is -0.494 e. The van der Waals surface area contributed by atoms with E-state index in [1.165, 1.54) is 25.3 Å². The fourth-order valence-electron chi connectivity index (χ4n) is 2.77. The Kier molecular flexibility index (Phi) is 5.87. The van der Waals surface area contributed by atoms with Crippen molar-refractivity contribution in [2.45, 2.75) is 0 Å². The van der Waals surface area contributed by atoms with Gasteiger partial charge >= 0.3 is 5.97 Å². The average Bonchev–Trinajstić information content (AvgIpc) is 2.67. The van der Waals surface area contributed by atoms with Crippen LogP contribution in [0.3, 0.4) is 0 Å². The highest BCUT2D eigenvalue weighted by atomic mass is 35.5. The SMILES string of the molecule is COc1c(Cl)cc(Cl)cc1C(=O)Nc1cc(-c2ccccc2)ccc1C(=O)O. The molecule has 0 saturated carbocycles. The summed E-state index contributed by atoms with van der Waals surface area (Å²) in [6.07, 6.45) is 0. The second kappa shape index (κ2) is 8.33. The Labute approximate surface area is 171 Å². The third kappa shape index (κ3) is 4.11. The molecule has 2 N–H and O–H groups in total. The number of carbonyl (C=O) groups excluding carboxylic acids is 1. The quantitative estimate of drug-likeness (QED) is 0.566. The predicted octanol–water partition coefficient (Wildman–Crippen LogP) is 5.62. The van der Waals surface area contributed by atoms with E-state index in [1.54, 1.807) is 12.1 Å². The second-order valence-electron chi connectivity index (χ2n) is 5.85. The summed E-state index contributed by atoms with van der Waals surface area (Å²) in [6.45, 7) is 0. The molecular weight excluding hydrogens is 401 g/mol. The van der Waals surface area contributed by atoms with Crippen LogP contribution in [0.2, 0.25) is 10.0 Å². The van der Waals surface area contributed by atoms with Crippen LogP contribution in [0.4, 0.5) is 5.69 Å². The minimum absolute atomic E-state index is 0.0416. The number of ether oxygens (including phenoxy) is 1. The number of hydrogen-bond donors (Lipinski definition) is 2. The van der Waals surface area contributed by atoms with Crippen LogP contribution in [0.1, 0.15) is 20.7 Å². The number of carbonyl (C=O) groups is 2. The van der Waals surface area contributed by atoms with Crippen LogP contribution in [-0.2, 0) is 0 Å². The van der Waals surface area contributed by atoms with E-state index in [4.69, 9.17) is 27.9 Å². The lowest BCUT2D eigenvalue weighted by atomic mass is 10.0. The Morgan fingerprint density at radius 2 is 1.64 bits per heavy atom. The van der Waals surface area contributed by atoms with Gasteiger partial charge in [-0.2, -0.15) is 0 Å². The fraction of sp³-hybridized carbons (Fsp3) is 0.0476. The van der Waals surface area contributed by atoms with Crippen molar-refractivity contribution in [3.05, 3.63) is 81.8 Å². The molecule has 28 heavy (non-hydrogen) atoms. The van der Waals surface area contributed by atoms with Gasteiger partial charge in [-0.1, -0.05) is 59.6 Å². The summed E-state index contributed by atoms with van der Waals surface area (Å²) >= 11 is 12.1. The monoisotopic (exact) mass is 415 g/mol. The summed E-state index contributed by atoms with van der Waals surface area (Å²) in [5.41, 5.74) is 1.86. The Balaban J connectivity index is 2.04. The Bertz CT molecular complexity index is 1050. The van der Waals surface area contributed by atoms with Crippen LogP contribution in [-0.4, -0.2) is 24.1 Å². The number of aromatic carboxylic acids is 1. The number of rotatable bonds is 5. The minimum atomic E-state index is -1.16. The molecule has 0 atom stereocenters. The van der Waals surface area contributed by atoms with E-state index in [0.717, 1.165) is 11.1 Å². The molecule has 0 heterocycles. The zero-order valence-corrected chi connectivity index (χ0v) is 16.2. The van der Waals surface area contributed by atoms with E-state index in [2.05, 4.69) is 5.32 Å². The summed E-state index contributed by atoms with van der Waals surface area (Å²) in [6, 6.07) is 17.0. The van der Waals surface area contributed by atoms with Gasteiger partial charge < -0.3 is 15.2 Å². The number of nitrogens with one attached hydrogen (secondary N) is 1. The summed E-state index contributed by atoms with van der Waals surface area (Å²) < 4.78 is 5.19. The van der Waals surface area contributed by atoms with Crippen molar-refractivity contribution >= 4 is 40.8 Å². The lowest BCUT2D eigenvalue weighted by molar-refractivity contribution is 0.0698. The highest BCUT2D eigenvalue weighted by Gasteiger charge is 2.20. The number of benzene rings is 3. The molecule has 3 aromatic rings.